The van der Waals surface area contributed by atoms with E-state index in [0.717, 1.165) is 66.2 Å². The fourth-order valence-corrected chi connectivity index (χ4v) is 4.39. The average molecular weight is 398 g/mol. The molecule has 2 fully saturated rings. The Bertz CT molecular complexity index is 1010. The minimum absolute atomic E-state index is 0.0503. The molecule has 9 nitrogen and oxygen atoms in total. The van der Waals surface area contributed by atoms with E-state index in [-0.39, 0.29) is 11.4 Å². The van der Waals surface area contributed by atoms with Crippen molar-refractivity contribution in [1.29, 1.82) is 0 Å². The van der Waals surface area contributed by atoms with E-state index >= 15 is 0 Å². The number of H-pyrrole nitrogens is 1. The van der Waals surface area contributed by atoms with E-state index in [1.807, 2.05) is 18.5 Å². The highest BCUT2D eigenvalue weighted by atomic mass is 32.2. The lowest BCUT2D eigenvalue weighted by molar-refractivity contribution is -0.135. The molecule has 4 heterocycles. The van der Waals surface area contributed by atoms with Crippen molar-refractivity contribution in [1.82, 2.24) is 29.6 Å². The van der Waals surface area contributed by atoms with Gasteiger partial charge in [0.25, 0.3) is 0 Å². The zero-order chi connectivity index (χ0) is 19.1. The van der Waals surface area contributed by atoms with Crippen molar-refractivity contribution in [2.75, 3.05) is 24.5 Å². The highest BCUT2D eigenvalue weighted by molar-refractivity contribution is 7.97. The summed E-state index contributed by atoms with van der Waals surface area (Å²) in [6.45, 7) is 2.90. The molecule has 0 atom stereocenters. The Morgan fingerprint density at radius 2 is 2.21 bits per heavy atom. The average Bonchev–Trinajstić information content (AvgIpc) is 3.13. The number of fused-ring (bicyclic) bond motifs is 1. The second-order valence-electron chi connectivity index (χ2n) is 7.44. The van der Waals surface area contributed by atoms with Crippen LogP contribution >= 0.6 is 11.9 Å². The maximum Gasteiger partial charge on any atom is 0.225 e. The van der Waals surface area contributed by atoms with Gasteiger partial charge in [0.05, 0.1) is 22.0 Å². The van der Waals surface area contributed by atoms with E-state index in [2.05, 4.69) is 29.9 Å². The second kappa shape index (κ2) is 6.78. The maximum absolute atomic E-state index is 12.9. The summed E-state index contributed by atoms with van der Waals surface area (Å²) in [6.07, 6.45) is 9.63. The summed E-state index contributed by atoms with van der Waals surface area (Å²) in [5, 5.41) is 10.8. The van der Waals surface area contributed by atoms with Crippen LogP contribution < -0.4 is 10.0 Å². The highest BCUT2D eigenvalue weighted by Crippen LogP contribution is 2.45. The third-order valence-electron chi connectivity index (χ3n) is 5.71. The van der Waals surface area contributed by atoms with Crippen LogP contribution in [-0.4, -0.2) is 60.7 Å². The molecule has 0 unspecified atom stereocenters. The molecule has 0 radical (unpaired) electrons. The number of rotatable bonds is 5. The van der Waals surface area contributed by atoms with Gasteiger partial charge in [-0.05, 0) is 30.9 Å². The van der Waals surface area contributed by atoms with Crippen LogP contribution in [0.15, 0.2) is 35.9 Å². The summed E-state index contributed by atoms with van der Waals surface area (Å²) in [6, 6.07) is 2.01. The SMILES string of the molecule is NSc1cnn(CCC(=O)N2CCN(c3ncnc4[nH]ccc34)CC23CC3)c1. The number of nitrogens with one attached hydrogen (secondary N) is 1. The van der Waals surface area contributed by atoms with E-state index in [9.17, 15) is 4.79 Å². The number of aryl methyl sites for hydroxylation is 1. The van der Waals surface area contributed by atoms with Gasteiger partial charge in [-0.2, -0.15) is 5.10 Å². The molecule has 28 heavy (non-hydrogen) atoms. The van der Waals surface area contributed by atoms with E-state index < -0.39 is 0 Å². The Morgan fingerprint density at radius 1 is 1.32 bits per heavy atom. The van der Waals surface area contributed by atoms with Crippen LogP contribution in [0.5, 0.6) is 0 Å². The first kappa shape index (κ1) is 17.5. The maximum atomic E-state index is 12.9. The van der Waals surface area contributed by atoms with E-state index in [4.69, 9.17) is 5.14 Å². The lowest BCUT2D eigenvalue weighted by Gasteiger charge is -2.43. The van der Waals surface area contributed by atoms with Gasteiger partial charge in [-0.15, -0.1) is 0 Å². The summed E-state index contributed by atoms with van der Waals surface area (Å²) >= 11 is 1.16. The molecule has 0 bridgehead atoms. The van der Waals surface area contributed by atoms with Gasteiger partial charge in [-0.1, -0.05) is 0 Å². The molecule has 1 amide bonds. The van der Waals surface area contributed by atoms with Crippen LogP contribution in [0.1, 0.15) is 19.3 Å². The summed E-state index contributed by atoms with van der Waals surface area (Å²) < 4.78 is 1.78. The fraction of sp³-hybridized carbons (Fsp3) is 0.444. The third kappa shape index (κ3) is 3.02. The van der Waals surface area contributed by atoms with Gasteiger partial charge in [0.2, 0.25) is 5.91 Å². The van der Waals surface area contributed by atoms with Gasteiger partial charge in [0.1, 0.15) is 17.8 Å². The van der Waals surface area contributed by atoms with Crippen molar-refractivity contribution in [2.24, 2.45) is 5.14 Å². The molecular weight excluding hydrogens is 376 g/mol. The largest absolute Gasteiger partial charge is 0.352 e. The number of carbonyl (C=O) groups is 1. The normalized spacial score (nSPS) is 18.2. The van der Waals surface area contributed by atoms with Gasteiger partial charge in [-0.3, -0.25) is 14.6 Å². The molecule has 3 aromatic heterocycles. The van der Waals surface area contributed by atoms with Crippen LogP contribution in [0.3, 0.4) is 0 Å². The molecule has 146 valence electrons. The lowest BCUT2D eigenvalue weighted by Crippen LogP contribution is -2.57. The van der Waals surface area contributed by atoms with Crippen molar-refractivity contribution >= 4 is 34.7 Å². The number of piperazine rings is 1. The molecule has 1 saturated heterocycles. The number of hydrogen-bond donors (Lipinski definition) is 2. The van der Waals surface area contributed by atoms with Crippen LogP contribution in [0, 0.1) is 0 Å². The first-order valence-electron chi connectivity index (χ1n) is 9.41. The molecule has 1 aliphatic heterocycles. The van der Waals surface area contributed by atoms with Crippen molar-refractivity contribution < 1.29 is 4.79 Å². The van der Waals surface area contributed by atoms with E-state index in [1.54, 1.807) is 17.2 Å². The first-order valence-corrected chi connectivity index (χ1v) is 10.3. The van der Waals surface area contributed by atoms with Crippen molar-refractivity contribution in [2.45, 2.75) is 36.2 Å². The molecule has 1 aliphatic carbocycles. The van der Waals surface area contributed by atoms with Crippen molar-refractivity contribution in [3.05, 3.63) is 31.0 Å². The second-order valence-corrected chi connectivity index (χ2v) is 8.14. The summed E-state index contributed by atoms with van der Waals surface area (Å²) in [4.78, 5) is 30.1. The lowest BCUT2D eigenvalue weighted by atomic mass is 10.1. The molecule has 3 N–H and O–H groups in total. The van der Waals surface area contributed by atoms with Crippen LogP contribution in [0.25, 0.3) is 11.0 Å². The number of hydrogen-bond acceptors (Lipinski definition) is 7. The number of aromatic amines is 1. The molecule has 10 heteroatoms. The molecular formula is C18H22N8OS. The van der Waals surface area contributed by atoms with Gasteiger partial charge in [0.15, 0.2) is 0 Å². The minimum Gasteiger partial charge on any atom is -0.352 e. The quantitative estimate of drug-likeness (QED) is 0.625. The summed E-state index contributed by atoms with van der Waals surface area (Å²) in [5.74, 6) is 1.15. The monoisotopic (exact) mass is 398 g/mol. The van der Waals surface area contributed by atoms with Crippen molar-refractivity contribution in [3.8, 4) is 0 Å². The molecule has 0 aromatic carbocycles. The Balaban J connectivity index is 1.27. The number of anilines is 1. The summed E-state index contributed by atoms with van der Waals surface area (Å²) in [7, 11) is 0. The van der Waals surface area contributed by atoms with Crippen molar-refractivity contribution in [3.63, 3.8) is 0 Å². The highest BCUT2D eigenvalue weighted by Gasteiger charge is 2.53. The number of aromatic nitrogens is 5. The molecule has 2 aliphatic rings. The molecule has 5 rings (SSSR count). The Labute approximate surface area is 166 Å². The standard InChI is InChI=1S/C18H22N8OS/c19-28-13-9-23-25(10-13)6-2-15(27)26-8-7-24(11-18(26)3-4-18)17-14-1-5-20-16(14)21-12-22-17/h1,5,9-10,12H,2-4,6-8,11,19H2,(H,20,21,22). The Kier molecular flexibility index (Phi) is 4.24. The fourth-order valence-electron chi connectivity index (χ4n) is 4.10. The number of nitrogens with zero attached hydrogens (tertiary/aromatic N) is 6. The summed E-state index contributed by atoms with van der Waals surface area (Å²) in [5.41, 5.74) is 0.799. The van der Waals surface area contributed by atoms with Gasteiger partial charge < -0.3 is 14.8 Å². The Hall–Kier alpha value is -2.59. The topological polar surface area (TPSA) is 109 Å². The van der Waals surface area contributed by atoms with E-state index in [1.165, 1.54) is 0 Å². The zero-order valence-electron chi connectivity index (χ0n) is 15.4. The van der Waals surface area contributed by atoms with E-state index in [0.29, 0.717) is 13.0 Å². The number of nitrogens with two attached hydrogens (primary N) is 1. The Morgan fingerprint density at radius 3 is 3.00 bits per heavy atom. The first-order chi connectivity index (χ1) is 13.7. The van der Waals surface area contributed by atoms with Crippen LogP contribution in [0.2, 0.25) is 0 Å². The van der Waals surface area contributed by atoms with Crippen LogP contribution in [0.4, 0.5) is 5.82 Å². The molecule has 3 aromatic rings. The zero-order valence-corrected chi connectivity index (χ0v) is 16.2. The molecule has 1 spiro atoms. The third-order valence-corrected chi connectivity index (χ3v) is 6.20. The smallest absolute Gasteiger partial charge is 0.225 e. The van der Waals surface area contributed by atoms with Gasteiger partial charge >= 0.3 is 0 Å². The van der Waals surface area contributed by atoms with Crippen LogP contribution in [-0.2, 0) is 11.3 Å². The minimum atomic E-state index is -0.0503. The number of amides is 1. The predicted octanol–water partition coefficient (Wildman–Crippen LogP) is 1.39. The molecule has 1 saturated carbocycles. The van der Waals surface area contributed by atoms with Gasteiger partial charge in [0, 0.05) is 45.0 Å². The van der Waals surface area contributed by atoms with Gasteiger partial charge in [-0.25, -0.2) is 9.97 Å². The predicted molar refractivity (Wildman–Crippen MR) is 107 cm³/mol. The number of carbonyl (C=O) groups excluding carboxylic acids is 1.